The fourth-order valence-corrected chi connectivity index (χ4v) is 1.93. The van der Waals surface area contributed by atoms with Gasteiger partial charge in [-0.2, -0.15) is 5.10 Å². The molecule has 2 heterocycles. The van der Waals surface area contributed by atoms with E-state index in [9.17, 15) is 9.90 Å². The molecule has 2 N–H and O–H groups in total. The minimum Gasteiger partial charge on any atom is -0.389 e. The van der Waals surface area contributed by atoms with Gasteiger partial charge in [0.2, 0.25) is 0 Å². The molecule has 2 rings (SSSR count). The van der Waals surface area contributed by atoms with E-state index in [2.05, 4.69) is 10.4 Å². The second kappa shape index (κ2) is 6.36. The first-order valence-electron chi connectivity index (χ1n) is 6.24. The first-order chi connectivity index (χ1) is 9.63. The predicted octanol–water partition coefficient (Wildman–Crippen LogP) is -0.0521. The van der Waals surface area contributed by atoms with Crippen molar-refractivity contribution in [2.45, 2.75) is 6.10 Å². The zero-order valence-electron chi connectivity index (χ0n) is 11.5. The highest BCUT2D eigenvalue weighted by Gasteiger charge is 2.17. The Balaban J connectivity index is 2.11. The number of hydrogen-bond donors (Lipinski definition) is 2. The molecule has 0 saturated carbocycles. The Morgan fingerprint density at radius 3 is 2.85 bits per heavy atom. The highest BCUT2D eigenvalue weighted by atomic mass is 16.5. The molecule has 2 aromatic heterocycles. The first kappa shape index (κ1) is 14.3. The maximum absolute atomic E-state index is 12.2. The Bertz CT molecular complexity index is 562. The van der Waals surface area contributed by atoms with Crippen molar-refractivity contribution in [1.29, 1.82) is 0 Å². The molecule has 0 bridgehead atoms. The summed E-state index contributed by atoms with van der Waals surface area (Å²) in [4.78, 5) is 12.2. The van der Waals surface area contributed by atoms with Crippen LogP contribution >= 0.6 is 0 Å². The molecule has 0 radical (unpaired) electrons. The lowest BCUT2D eigenvalue weighted by Crippen LogP contribution is -2.34. The summed E-state index contributed by atoms with van der Waals surface area (Å²) in [5, 5.41) is 16.3. The van der Waals surface area contributed by atoms with Crippen molar-refractivity contribution >= 4 is 5.91 Å². The van der Waals surface area contributed by atoms with Gasteiger partial charge in [-0.05, 0) is 12.1 Å². The second-order valence-corrected chi connectivity index (χ2v) is 4.41. The predicted molar refractivity (Wildman–Crippen MR) is 72.8 cm³/mol. The number of hydrogen-bond acceptors (Lipinski definition) is 4. The number of nitrogens with zero attached hydrogens (tertiary/aromatic N) is 3. The van der Waals surface area contributed by atoms with E-state index in [1.54, 1.807) is 11.7 Å². The van der Waals surface area contributed by atoms with E-state index in [0.29, 0.717) is 11.4 Å². The summed E-state index contributed by atoms with van der Waals surface area (Å²) in [6, 6.07) is 3.74. The summed E-state index contributed by atoms with van der Waals surface area (Å²) in [5.74, 6) is 0.394. The van der Waals surface area contributed by atoms with Crippen molar-refractivity contribution < 1.29 is 14.6 Å². The Labute approximate surface area is 116 Å². The zero-order chi connectivity index (χ0) is 14.5. The van der Waals surface area contributed by atoms with E-state index < -0.39 is 6.10 Å². The molecule has 0 aromatic carbocycles. The van der Waals surface area contributed by atoms with Crippen LogP contribution < -0.4 is 5.32 Å². The SMILES string of the molecule is COCC(O)CNC(=O)c1cnn(C)c1-n1cccc1. The Kier molecular flexibility index (Phi) is 4.54. The van der Waals surface area contributed by atoms with E-state index in [-0.39, 0.29) is 19.1 Å². The number of methoxy groups -OCH3 is 1. The number of aromatic nitrogens is 3. The van der Waals surface area contributed by atoms with E-state index in [0.717, 1.165) is 0 Å². The fraction of sp³-hybridized carbons (Fsp3) is 0.385. The van der Waals surface area contributed by atoms with Gasteiger partial charge in [0.05, 0.1) is 18.9 Å². The molecule has 20 heavy (non-hydrogen) atoms. The van der Waals surface area contributed by atoms with E-state index >= 15 is 0 Å². The van der Waals surface area contributed by atoms with Gasteiger partial charge in [-0.25, -0.2) is 0 Å². The van der Waals surface area contributed by atoms with Crippen LogP contribution in [0, 0.1) is 0 Å². The number of carbonyl (C=O) groups is 1. The third-order valence-electron chi connectivity index (χ3n) is 2.86. The number of aliphatic hydroxyl groups excluding tert-OH is 1. The molecule has 1 atom stereocenters. The van der Waals surface area contributed by atoms with Crippen LogP contribution in [0.1, 0.15) is 10.4 Å². The number of carbonyl (C=O) groups excluding carboxylic acids is 1. The molecule has 108 valence electrons. The van der Waals surface area contributed by atoms with Crippen LogP contribution in [0.2, 0.25) is 0 Å². The minimum absolute atomic E-state index is 0.132. The summed E-state index contributed by atoms with van der Waals surface area (Å²) >= 11 is 0. The van der Waals surface area contributed by atoms with Crippen LogP contribution in [0.15, 0.2) is 30.7 Å². The molecule has 0 fully saturated rings. The van der Waals surface area contributed by atoms with Gasteiger partial charge in [-0.15, -0.1) is 0 Å². The van der Waals surface area contributed by atoms with Crippen LogP contribution in [-0.2, 0) is 11.8 Å². The number of amides is 1. The van der Waals surface area contributed by atoms with E-state index in [4.69, 9.17) is 4.74 Å². The van der Waals surface area contributed by atoms with Crippen molar-refractivity contribution in [3.63, 3.8) is 0 Å². The molecule has 0 aliphatic heterocycles. The summed E-state index contributed by atoms with van der Waals surface area (Å²) in [6.45, 7) is 0.310. The van der Waals surface area contributed by atoms with Crippen LogP contribution in [0.4, 0.5) is 0 Å². The van der Waals surface area contributed by atoms with Gasteiger partial charge in [-0.3, -0.25) is 9.48 Å². The number of rotatable bonds is 6. The molecule has 7 nitrogen and oxygen atoms in total. The van der Waals surface area contributed by atoms with Crippen molar-refractivity contribution in [3.8, 4) is 5.82 Å². The summed E-state index contributed by atoms with van der Waals surface area (Å²) < 4.78 is 8.24. The number of ether oxygens (including phenoxy) is 1. The summed E-state index contributed by atoms with van der Waals surface area (Å²) in [5.41, 5.74) is 0.452. The maximum atomic E-state index is 12.2. The third-order valence-corrected chi connectivity index (χ3v) is 2.86. The molecule has 0 aliphatic carbocycles. The molecule has 0 saturated heterocycles. The Hall–Kier alpha value is -2.12. The van der Waals surface area contributed by atoms with Gasteiger partial charge in [0.1, 0.15) is 11.4 Å². The Morgan fingerprint density at radius 1 is 1.50 bits per heavy atom. The van der Waals surface area contributed by atoms with Crippen molar-refractivity contribution in [1.82, 2.24) is 19.7 Å². The first-order valence-corrected chi connectivity index (χ1v) is 6.24. The minimum atomic E-state index is -0.726. The zero-order valence-corrected chi connectivity index (χ0v) is 11.5. The fourth-order valence-electron chi connectivity index (χ4n) is 1.93. The second-order valence-electron chi connectivity index (χ2n) is 4.41. The number of aliphatic hydroxyl groups is 1. The molecular formula is C13H18N4O3. The lowest BCUT2D eigenvalue weighted by atomic mass is 10.3. The molecule has 1 amide bonds. The third kappa shape index (κ3) is 3.06. The van der Waals surface area contributed by atoms with Crippen LogP contribution in [0.3, 0.4) is 0 Å². The highest BCUT2D eigenvalue weighted by Crippen LogP contribution is 2.13. The van der Waals surface area contributed by atoms with E-state index in [1.807, 2.05) is 29.1 Å². The summed E-state index contributed by atoms with van der Waals surface area (Å²) in [7, 11) is 3.27. The highest BCUT2D eigenvalue weighted by molar-refractivity contribution is 5.97. The standard InChI is InChI=1S/C13H18N4O3/c1-16-13(17-5-3-4-6-17)11(8-15-16)12(19)14-7-10(18)9-20-2/h3-6,8,10,18H,7,9H2,1-2H3,(H,14,19). The van der Waals surface area contributed by atoms with E-state index in [1.165, 1.54) is 13.3 Å². The monoisotopic (exact) mass is 278 g/mol. The average molecular weight is 278 g/mol. The normalized spacial score (nSPS) is 12.3. The van der Waals surface area contributed by atoms with Crippen LogP contribution in [0.5, 0.6) is 0 Å². The van der Waals surface area contributed by atoms with Gasteiger partial charge in [0.25, 0.3) is 5.91 Å². The molecule has 1 unspecified atom stereocenters. The molecule has 2 aromatic rings. The topological polar surface area (TPSA) is 81.3 Å². The quantitative estimate of drug-likeness (QED) is 0.776. The molecule has 7 heteroatoms. The Morgan fingerprint density at radius 2 is 2.20 bits per heavy atom. The van der Waals surface area contributed by atoms with Gasteiger partial charge in [0.15, 0.2) is 0 Å². The number of nitrogens with one attached hydrogen (secondary N) is 1. The summed E-state index contributed by atoms with van der Waals surface area (Å²) in [6.07, 6.45) is 4.46. The van der Waals surface area contributed by atoms with Crippen LogP contribution in [-0.4, -0.2) is 51.7 Å². The van der Waals surface area contributed by atoms with Crippen molar-refractivity contribution in [2.75, 3.05) is 20.3 Å². The van der Waals surface area contributed by atoms with Crippen molar-refractivity contribution in [2.24, 2.45) is 7.05 Å². The van der Waals surface area contributed by atoms with Gasteiger partial charge < -0.3 is 19.7 Å². The molecular weight excluding hydrogens is 260 g/mol. The lowest BCUT2D eigenvalue weighted by Gasteiger charge is -2.11. The van der Waals surface area contributed by atoms with Gasteiger partial charge in [-0.1, -0.05) is 0 Å². The molecule has 0 spiro atoms. The van der Waals surface area contributed by atoms with Crippen LogP contribution in [0.25, 0.3) is 5.82 Å². The average Bonchev–Trinajstić information content (AvgIpc) is 3.05. The largest absolute Gasteiger partial charge is 0.389 e. The van der Waals surface area contributed by atoms with Gasteiger partial charge >= 0.3 is 0 Å². The van der Waals surface area contributed by atoms with Gasteiger partial charge in [0, 0.05) is 33.1 Å². The molecule has 0 aliphatic rings. The maximum Gasteiger partial charge on any atom is 0.256 e. The lowest BCUT2D eigenvalue weighted by molar-refractivity contribution is 0.0610. The smallest absolute Gasteiger partial charge is 0.256 e. The van der Waals surface area contributed by atoms with Crippen molar-refractivity contribution in [3.05, 3.63) is 36.3 Å². The number of aryl methyl sites for hydroxylation is 1.